The van der Waals surface area contributed by atoms with Gasteiger partial charge in [-0.1, -0.05) is 17.7 Å². The van der Waals surface area contributed by atoms with Gasteiger partial charge in [-0.15, -0.1) is 0 Å². The van der Waals surface area contributed by atoms with Crippen LogP contribution in [0.25, 0.3) is 0 Å². The summed E-state index contributed by atoms with van der Waals surface area (Å²) in [5.74, 6) is -3.32. The van der Waals surface area contributed by atoms with E-state index in [2.05, 4.69) is 10.6 Å². The standard InChI is InChI=1S/C23H15ClF3N3O3/c24-13-5-4-10(25)8-12(13)21-18-11(22(32)29-21)2-1-3-15(18)28-23(33)30-9-17(31)19-16(30)7-6-14(26)20(19)27/h1-8,17,21,31H,9H2,(H,28,33)(H,29,32)/t17-,21-/m1/s1. The Labute approximate surface area is 190 Å². The minimum absolute atomic E-state index is 0.0328. The Balaban J connectivity index is 1.52. The number of nitrogens with one attached hydrogen (secondary N) is 2. The van der Waals surface area contributed by atoms with Crippen molar-refractivity contribution in [3.8, 4) is 0 Å². The van der Waals surface area contributed by atoms with Crippen molar-refractivity contribution in [2.45, 2.75) is 12.1 Å². The van der Waals surface area contributed by atoms with Crippen molar-refractivity contribution in [1.82, 2.24) is 5.32 Å². The summed E-state index contributed by atoms with van der Waals surface area (Å²) < 4.78 is 41.7. The number of β-amino-alcohol motifs (C(OH)–C–C–N with tert-alkyl or cyclic N) is 1. The second-order valence-corrected chi connectivity index (χ2v) is 8.10. The summed E-state index contributed by atoms with van der Waals surface area (Å²) in [7, 11) is 0. The third kappa shape index (κ3) is 3.40. The van der Waals surface area contributed by atoms with Gasteiger partial charge in [0.25, 0.3) is 5.91 Å². The van der Waals surface area contributed by atoms with Crippen molar-refractivity contribution >= 4 is 34.9 Å². The van der Waals surface area contributed by atoms with E-state index in [1.54, 1.807) is 18.2 Å². The number of hydrogen-bond donors (Lipinski definition) is 3. The molecule has 0 saturated heterocycles. The van der Waals surface area contributed by atoms with Gasteiger partial charge >= 0.3 is 6.03 Å². The zero-order chi connectivity index (χ0) is 23.4. The monoisotopic (exact) mass is 473 g/mol. The fourth-order valence-electron chi connectivity index (χ4n) is 4.28. The Morgan fingerprint density at radius 1 is 1.12 bits per heavy atom. The molecule has 3 aromatic rings. The quantitative estimate of drug-likeness (QED) is 0.505. The fourth-order valence-corrected chi connectivity index (χ4v) is 4.51. The van der Waals surface area contributed by atoms with Crippen LogP contribution in [0.4, 0.5) is 29.3 Å². The highest BCUT2D eigenvalue weighted by molar-refractivity contribution is 6.31. The summed E-state index contributed by atoms with van der Waals surface area (Å²) in [6.45, 7) is -0.285. The van der Waals surface area contributed by atoms with Gasteiger partial charge in [0.1, 0.15) is 11.9 Å². The second-order valence-electron chi connectivity index (χ2n) is 7.69. The zero-order valence-electron chi connectivity index (χ0n) is 16.7. The average Bonchev–Trinajstić information content (AvgIpc) is 3.30. The predicted octanol–water partition coefficient (Wildman–Crippen LogP) is 4.68. The summed E-state index contributed by atoms with van der Waals surface area (Å²) in [6, 6.07) is 8.96. The molecule has 0 saturated carbocycles. The highest BCUT2D eigenvalue weighted by Gasteiger charge is 2.37. The molecule has 3 amide bonds. The number of urea groups is 1. The molecule has 2 aliphatic heterocycles. The molecular formula is C23H15ClF3N3O3. The number of carbonyl (C=O) groups is 2. The molecule has 0 aliphatic carbocycles. The van der Waals surface area contributed by atoms with E-state index in [1.807, 2.05) is 0 Å². The molecular weight excluding hydrogens is 459 g/mol. The third-order valence-corrected chi connectivity index (χ3v) is 6.10. The summed E-state index contributed by atoms with van der Waals surface area (Å²) in [5.41, 5.74) is 0.938. The van der Waals surface area contributed by atoms with Gasteiger partial charge in [0.2, 0.25) is 0 Å². The molecule has 2 atom stereocenters. The van der Waals surface area contributed by atoms with Crippen LogP contribution in [0.15, 0.2) is 48.5 Å². The maximum Gasteiger partial charge on any atom is 0.326 e. The van der Waals surface area contributed by atoms with Gasteiger partial charge < -0.3 is 15.7 Å². The first-order valence-electron chi connectivity index (χ1n) is 9.89. The number of rotatable bonds is 2. The average molecular weight is 474 g/mol. The highest BCUT2D eigenvalue weighted by Crippen LogP contribution is 2.41. The molecule has 0 radical (unpaired) electrons. The Kier molecular flexibility index (Phi) is 5.02. The van der Waals surface area contributed by atoms with Gasteiger partial charge in [-0.2, -0.15) is 0 Å². The van der Waals surface area contributed by atoms with Crippen molar-refractivity contribution in [3.63, 3.8) is 0 Å². The third-order valence-electron chi connectivity index (χ3n) is 5.76. The van der Waals surface area contributed by atoms with Crippen LogP contribution in [0.5, 0.6) is 0 Å². The number of anilines is 2. The van der Waals surface area contributed by atoms with Crippen LogP contribution >= 0.6 is 11.6 Å². The first kappa shape index (κ1) is 21.3. The molecule has 3 N–H and O–H groups in total. The lowest BCUT2D eigenvalue weighted by molar-refractivity contribution is 0.0960. The largest absolute Gasteiger partial charge is 0.386 e. The topological polar surface area (TPSA) is 81.7 Å². The number of nitrogens with zero attached hydrogens (tertiary/aromatic N) is 1. The molecule has 0 aromatic heterocycles. The van der Waals surface area contributed by atoms with Gasteiger partial charge in [-0.05, 0) is 42.5 Å². The first-order valence-corrected chi connectivity index (χ1v) is 10.3. The number of carbonyl (C=O) groups excluding carboxylic acids is 2. The van der Waals surface area contributed by atoms with E-state index in [0.717, 1.165) is 11.0 Å². The van der Waals surface area contributed by atoms with Crippen LogP contribution < -0.4 is 15.5 Å². The molecule has 5 rings (SSSR count). The van der Waals surface area contributed by atoms with Crippen molar-refractivity contribution in [2.75, 3.05) is 16.8 Å². The summed E-state index contributed by atoms with van der Waals surface area (Å²) in [6.07, 6.45) is -1.40. The molecule has 0 spiro atoms. The first-order chi connectivity index (χ1) is 15.8. The van der Waals surface area contributed by atoms with Crippen LogP contribution in [-0.4, -0.2) is 23.6 Å². The zero-order valence-corrected chi connectivity index (χ0v) is 17.5. The maximum atomic E-state index is 14.2. The SMILES string of the molecule is O=C1N[C@H](c2cc(F)ccc2Cl)c2c(NC(=O)N3C[C@@H](O)c4c3ccc(F)c4F)cccc21. The van der Waals surface area contributed by atoms with Crippen molar-refractivity contribution < 1.29 is 27.9 Å². The van der Waals surface area contributed by atoms with E-state index in [1.165, 1.54) is 24.3 Å². The Morgan fingerprint density at radius 3 is 2.70 bits per heavy atom. The summed E-state index contributed by atoms with van der Waals surface area (Å²) in [5, 5.41) is 15.8. The van der Waals surface area contributed by atoms with Gasteiger partial charge in [0.15, 0.2) is 11.6 Å². The minimum Gasteiger partial charge on any atom is -0.386 e. The number of hydrogen-bond acceptors (Lipinski definition) is 3. The normalized spacial score (nSPS) is 18.7. The van der Waals surface area contributed by atoms with Crippen molar-refractivity contribution in [3.05, 3.63) is 93.3 Å². The van der Waals surface area contributed by atoms with Gasteiger partial charge in [0.05, 0.1) is 18.3 Å². The van der Waals surface area contributed by atoms with Crippen LogP contribution in [0, 0.1) is 17.5 Å². The Bertz CT molecular complexity index is 1330. The Hall–Kier alpha value is -3.56. The smallest absolute Gasteiger partial charge is 0.326 e. The van der Waals surface area contributed by atoms with Crippen LogP contribution in [0.2, 0.25) is 5.02 Å². The predicted molar refractivity (Wildman–Crippen MR) is 115 cm³/mol. The Morgan fingerprint density at radius 2 is 1.91 bits per heavy atom. The summed E-state index contributed by atoms with van der Waals surface area (Å²) >= 11 is 6.24. The molecule has 3 aromatic carbocycles. The van der Waals surface area contributed by atoms with E-state index in [9.17, 15) is 27.9 Å². The van der Waals surface area contributed by atoms with Gasteiger partial charge in [0, 0.05) is 33.0 Å². The number of fused-ring (bicyclic) bond motifs is 2. The van der Waals surface area contributed by atoms with Crippen molar-refractivity contribution in [2.24, 2.45) is 0 Å². The molecule has 2 heterocycles. The van der Waals surface area contributed by atoms with Crippen molar-refractivity contribution in [1.29, 1.82) is 0 Å². The van der Waals surface area contributed by atoms with E-state index < -0.39 is 41.5 Å². The van der Waals surface area contributed by atoms with Gasteiger partial charge in [-0.25, -0.2) is 18.0 Å². The molecule has 6 nitrogen and oxygen atoms in total. The summed E-state index contributed by atoms with van der Waals surface area (Å²) in [4.78, 5) is 26.7. The molecule has 0 bridgehead atoms. The number of benzene rings is 3. The van der Waals surface area contributed by atoms with Crippen LogP contribution in [0.1, 0.15) is 39.2 Å². The molecule has 168 valence electrons. The van der Waals surface area contributed by atoms with E-state index in [0.29, 0.717) is 11.1 Å². The van der Waals surface area contributed by atoms with Crippen LogP contribution in [-0.2, 0) is 0 Å². The molecule has 0 unspecified atom stereocenters. The second kappa shape index (κ2) is 7.79. The maximum absolute atomic E-state index is 14.2. The lowest BCUT2D eigenvalue weighted by Gasteiger charge is -2.21. The number of halogens is 4. The molecule has 2 aliphatic rings. The van der Waals surface area contributed by atoms with Gasteiger partial charge in [-0.3, -0.25) is 9.69 Å². The molecule has 10 heteroatoms. The lowest BCUT2D eigenvalue weighted by atomic mass is 9.96. The van der Waals surface area contributed by atoms with E-state index in [4.69, 9.17) is 11.6 Å². The number of aliphatic hydroxyl groups is 1. The fraction of sp³-hybridized carbons (Fsp3) is 0.130. The molecule has 33 heavy (non-hydrogen) atoms. The van der Waals surface area contributed by atoms with E-state index in [-0.39, 0.29) is 34.1 Å². The highest BCUT2D eigenvalue weighted by atomic mass is 35.5. The lowest BCUT2D eigenvalue weighted by Crippen LogP contribution is -2.34. The van der Waals surface area contributed by atoms with E-state index >= 15 is 0 Å². The number of aliphatic hydroxyl groups excluding tert-OH is 1. The molecule has 0 fully saturated rings. The number of amides is 3. The van der Waals surface area contributed by atoms with Crippen LogP contribution in [0.3, 0.4) is 0 Å². The minimum atomic E-state index is -1.40.